The third-order valence-corrected chi connectivity index (χ3v) is 3.72. The molecule has 0 spiro atoms. The van der Waals surface area contributed by atoms with Gasteiger partial charge in [-0.2, -0.15) is 0 Å². The fourth-order valence-electron chi connectivity index (χ4n) is 2.52. The molecule has 0 aromatic heterocycles. The molecule has 4 heteroatoms. The first-order valence-corrected chi connectivity index (χ1v) is 6.88. The Morgan fingerprint density at radius 3 is 3.10 bits per heavy atom. The van der Waals surface area contributed by atoms with Crippen LogP contribution in [0.4, 0.5) is 0 Å². The van der Waals surface area contributed by atoms with Gasteiger partial charge in [0.2, 0.25) is 5.91 Å². The summed E-state index contributed by atoms with van der Waals surface area (Å²) in [6.07, 6.45) is 2.53. The van der Waals surface area contributed by atoms with E-state index < -0.39 is 11.7 Å². The van der Waals surface area contributed by atoms with E-state index in [1.54, 1.807) is 13.0 Å². The fraction of sp³-hybridized carbons (Fsp3) is 0.438. The van der Waals surface area contributed by atoms with Gasteiger partial charge < -0.3 is 15.2 Å². The molecular formula is C16H21NO3. The van der Waals surface area contributed by atoms with Crippen LogP contribution in [0.15, 0.2) is 36.9 Å². The lowest BCUT2D eigenvalue weighted by atomic mass is 9.96. The van der Waals surface area contributed by atoms with Crippen molar-refractivity contribution in [3.63, 3.8) is 0 Å². The molecule has 108 valence electrons. The average Bonchev–Trinajstić information content (AvgIpc) is 2.81. The summed E-state index contributed by atoms with van der Waals surface area (Å²) in [7, 11) is 0. The number of carbonyl (C=O) groups is 1. The van der Waals surface area contributed by atoms with E-state index in [0.29, 0.717) is 13.0 Å². The van der Waals surface area contributed by atoms with Crippen LogP contribution in [0, 0.1) is 0 Å². The highest BCUT2D eigenvalue weighted by Crippen LogP contribution is 2.36. The molecule has 0 fully saturated rings. The maximum atomic E-state index is 11.9. The van der Waals surface area contributed by atoms with Crippen LogP contribution in [0.2, 0.25) is 0 Å². The van der Waals surface area contributed by atoms with Crippen LogP contribution in [0.25, 0.3) is 0 Å². The highest BCUT2D eigenvalue weighted by Gasteiger charge is 2.36. The summed E-state index contributed by atoms with van der Waals surface area (Å²) in [5.41, 5.74) is 1.10. The lowest BCUT2D eigenvalue weighted by Gasteiger charge is -2.25. The fourth-order valence-corrected chi connectivity index (χ4v) is 2.52. The number of aryl methyl sites for hydroxylation is 1. The molecule has 0 aliphatic heterocycles. The van der Waals surface area contributed by atoms with Crippen molar-refractivity contribution in [3.05, 3.63) is 48.0 Å². The van der Waals surface area contributed by atoms with Gasteiger partial charge in [0.25, 0.3) is 0 Å². The van der Waals surface area contributed by atoms with E-state index in [4.69, 9.17) is 4.74 Å². The molecule has 0 heterocycles. The number of hydrogen-bond donors (Lipinski definition) is 2. The Labute approximate surface area is 119 Å². The molecule has 0 unspecified atom stereocenters. The number of rotatable bonds is 6. The third kappa shape index (κ3) is 3.08. The predicted octanol–water partition coefficient (Wildman–Crippen LogP) is 1.53. The van der Waals surface area contributed by atoms with Gasteiger partial charge in [0.05, 0.1) is 13.2 Å². The maximum Gasteiger partial charge on any atom is 0.248 e. The smallest absolute Gasteiger partial charge is 0.248 e. The topological polar surface area (TPSA) is 58.6 Å². The summed E-state index contributed by atoms with van der Waals surface area (Å²) in [6, 6.07) is 7.82. The summed E-state index contributed by atoms with van der Waals surface area (Å²) < 4.78 is 5.26. The molecule has 1 aliphatic carbocycles. The van der Waals surface area contributed by atoms with E-state index in [0.717, 1.165) is 17.5 Å². The lowest BCUT2D eigenvalue weighted by Crippen LogP contribution is -2.43. The Hall–Kier alpha value is -1.65. The molecule has 1 aromatic rings. The minimum Gasteiger partial charge on any atom is -0.383 e. The molecule has 2 N–H and O–H groups in total. The van der Waals surface area contributed by atoms with E-state index >= 15 is 0 Å². The van der Waals surface area contributed by atoms with Gasteiger partial charge in [-0.3, -0.25) is 4.79 Å². The number of aliphatic hydroxyl groups is 1. The van der Waals surface area contributed by atoms with Crippen molar-refractivity contribution in [2.75, 3.05) is 13.2 Å². The Morgan fingerprint density at radius 1 is 1.60 bits per heavy atom. The highest BCUT2D eigenvalue weighted by molar-refractivity contribution is 5.80. The first-order chi connectivity index (χ1) is 9.57. The van der Waals surface area contributed by atoms with Gasteiger partial charge in [-0.25, -0.2) is 0 Å². The monoisotopic (exact) mass is 275 g/mol. The summed E-state index contributed by atoms with van der Waals surface area (Å²) >= 11 is 0. The zero-order valence-electron chi connectivity index (χ0n) is 11.8. The molecule has 2 rings (SSSR count). The second-order valence-corrected chi connectivity index (χ2v) is 5.17. The molecule has 2 atom stereocenters. The number of fused-ring (bicyclic) bond motifs is 1. The van der Waals surface area contributed by atoms with Crippen molar-refractivity contribution in [2.24, 2.45) is 0 Å². The van der Waals surface area contributed by atoms with Crippen molar-refractivity contribution in [3.8, 4) is 0 Å². The van der Waals surface area contributed by atoms with E-state index in [-0.39, 0.29) is 12.5 Å². The largest absolute Gasteiger partial charge is 0.383 e. The van der Waals surface area contributed by atoms with Crippen molar-refractivity contribution in [2.45, 2.75) is 31.5 Å². The van der Waals surface area contributed by atoms with E-state index in [9.17, 15) is 9.90 Å². The van der Waals surface area contributed by atoms with Crippen molar-refractivity contribution in [1.82, 2.24) is 5.32 Å². The normalized spacial score (nSPS) is 22.1. The van der Waals surface area contributed by atoms with Gasteiger partial charge in [0, 0.05) is 0 Å². The van der Waals surface area contributed by atoms with Gasteiger partial charge >= 0.3 is 0 Å². The van der Waals surface area contributed by atoms with Gasteiger partial charge in [-0.1, -0.05) is 30.3 Å². The van der Waals surface area contributed by atoms with Crippen LogP contribution in [-0.4, -0.2) is 30.3 Å². The SMILES string of the molecule is C=CCO[C@H](C)C(=O)NC[C@@]1(O)CCc2ccccc21. The minimum atomic E-state index is -0.968. The second-order valence-electron chi connectivity index (χ2n) is 5.17. The highest BCUT2D eigenvalue weighted by atomic mass is 16.5. The third-order valence-electron chi connectivity index (χ3n) is 3.72. The van der Waals surface area contributed by atoms with E-state index in [2.05, 4.69) is 11.9 Å². The maximum absolute atomic E-state index is 11.9. The Morgan fingerprint density at radius 2 is 2.35 bits per heavy atom. The minimum absolute atomic E-state index is 0.213. The molecule has 0 bridgehead atoms. The molecule has 0 saturated carbocycles. The summed E-state index contributed by atoms with van der Waals surface area (Å²) in [4.78, 5) is 11.9. The van der Waals surface area contributed by atoms with Crippen molar-refractivity contribution < 1.29 is 14.6 Å². The number of carbonyl (C=O) groups excluding carboxylic acids is 1. The number of nitrogens with one attached hydrogen (secondary N) is 1. The van der Waals surface area contributed by atoms with Gasteiger partial charge in [0.15, 0.2) is 0 Å². The molecule has 4 nitrogen and oxygen atoms in total. The standard InChI is InChI=1S/C16H21NO3/c1-3-10-20-12(2)15(18)17-11-16(19)9-8-13-6-4-5-7-14(13)16/h3-7,12,19H,1,8-11H2,2H3,(H,17,18)/t12-,16+/m1/s1. The summed E-state index contributed by atoms with van der Waals surface area (Å²) in [5.74, 6) is -0.218. The van der Waals surface area contributed by atoms with Crippen molar-refractivity contribution >= 4 is 5.91 Å². The molecular weight excluding hydrogens is 254 g/mol. The van der Waals surface area contributed by atoms with E-state index in [1.807, 2.05) is 24.3 Å². The van der Waals surface area contributed by atoms with Crippen LogP contribution in [0.1, 0.15) is 24.5 Å². The average molecular weight is 275 g/mol. The van der Waals surface area contributed by atoms with Gasteiger partial charge in [-0.15, -0.1) is 6.58 Å². The second kappa shape index (κ2) is 6.20. The molecule has 0 saturated heterocycles. The zero-order chi connectivity index (χ0) is 14.6. The first kappa shape index (κ1) is 14.8. The molecule has 1 aliphatic rings. The van der Waals surface area contributed by atoms with Crippen LogP contribution < -0.4 is 5.32 Å². The van der Waals surface area contributed by atoms with Gasteiger partial charge in [-0.05, 0) is 30.9 Å². The van der Waals surface area contributed by atoms with Crippen LogP contribution in [0.3, 0.4) is 0 Å². The van der Waals surface area contributed by atoms with Crippen molar-refractivity contribution in [1.29, 1.82) is 0 Å². The number of amides is 1. The lowest BCUT2D eigenvalue weighted by molar-refractivity contribution is -0.132. The molecule has 0 radical (unpaired) electrons. The van der Waals surface area contributed by atoms with Crippen LogP contribution in [0.5, 0.6) is 0 Å². The molecule has 20 heavy (non-hydrogen) atoms. The van der Waals surface area contributed by atoms with Gasteiger partial charge in [0.1, 0.15) is 11.7 Å². The van der Waals surface area contributed by atoms with Crippen LogP contribution in [-0.2, 0) is 21.6 Å². The summed E-state index contributed by atoms with van der Waals surface area (Å²) in [5, 5.41) is 13.4. The Bertz CT molecular complexity index is 500. The molecule has 1 aromatic carbocycles. The van der Waals surface area contributed by atoms with Crippen LogP contribution >= 0.6 is 0 Å². The zero-order valence-corrected chi connectivity index (χ0v) is 11.8. The number of ether oxygens (including phenoxy) is 1. The Kier molecular flexibility index (Phi) is 4.57. The van der Waals surface area contributed by atoms with E-state index in [1.165, 1.54) is 0 Å². The quantitative estimate of drug-likeness (QED) is 0.774. The Balaban J connectivity index is 1.94. The molecule has 1 amide bonds. The summed E-state index contributed by atoms with van der Waals surface area (Å²) in [6.45, 7) is 5.77. The first-order valence-electron chi connectivity index (χ1n) is 6.88. The number of benzene rings is 1. The number of hydrogen-bond acceptors (Lipinski definition) is 3. The predicted molar refractivity (Wildman–Crippen MR) is 77.3 cm³/mol.